The maximum Gasteiger partial charge on any atom is 0.0900 e. The SMILES string of the molecule is Cc1nc(C(C)NCCCC2CCCC2)c(C)s1. The number of thiazole rings is 1. The van der Waals surface area contributed by atoms with Crippen molar-refractivity contribution in [2.45, 2.75) is 65.3 Å². The number of nitrogens with one attached hydrogen (secondary N) is 1. The average molecular weight is 266 g/mol. The molecule has 1 saturated carbocycles. The first-order valence-electron chi connectivity index (χ1n) is 7.34. The summed E-state index contributed by atoms with van der Waals surface area (Å²) in [6.45, 7) is 7.63. The van der Waals surface area contributed by atoms with Crippen LogP contribution in [0.1, 0.15) is 67.1 Å². The van der Waals surface area contributed by atoms with Crippen molar-refractivity contribution in [3.63, 3.8) is 0 Å². The van der Waals surface area contributed by atoms with Crippen LogP contribution in [0.4, 0.5) is 0 Å². The molecule has 1 N–H and O–H groups in total. The van der Waals surface area contributed by atoms with Crippen LogP contribution >= 0.6 is 11.3 Å². The van der Waals surface area contributed by atoms with Gasteiger partial charge in [-0.3, -0.25) is 0 Å². The van der Waals surface area contributed by atoms with Crippen LogP contribution in [0.5, 0.6) is 0 Å². The molecule has 1 aliphatic carbocycles. The van der Waals surface area contributed by atoms with Crippen molar-refractivity contribution in [1.29, 1.82) is 0 Å². The van der Waals surface area contributed by atoms with E-state index in [-0.39, 0.29) is 0 Å². The van der Waals surface area contributed by atoms with Crippen LogP contribution in [0, 0.1) is 19.8 Å². The maximum absolute atomic E-state index is 4.62. The molecular formula is C15H26N2S. The lowest BCUT2D eigenvalue weighted by molar-refractivity contribution is 0.454. The number of hydrogen-bond acceptors (Lipinski definition) is 3. The summed E-state index contributed by atoms with van der Waals surface area (Å²) in [5, 5.41) is 4.80. The molecule has 1 heterocycles. The van der Waals surface area contributed by atoms with E-state index in [1.54, 1.807) is 11.3 Å². The van der Waals surface area contributed by atoms with Gasteiger partial charge in [-0.1, -0.05) is 25.7 Å². The minimum absolute atomic E-state index is 0.401. The minimum Gasteiger partial charge on any atom is -0.309 e. The van der Waals surface area contributed by atoms with E-state index < -0.39 is 0 Å². The molecule has 1 unspecified atom stereocenters. The van der Waals surface area contributed by atoms with Crippen LogP contribution in [-0.4, -0.2) is 11.5 Å². The number of aryl methyl sites for hydroxylation is 2. The summed E-state index contributed by atoms with van der Waals surface area (Å²) in [5.74, 6) is 1.02. The molecule has 102 valence electrons. The molecule has 1 atom stereocenters. The van der Waals surface area contributed by atoms with Gasteiger partial charge < -0.3 is 5.32 Å². The first-order chi connectivity index (χ1) is 8.66. The fourth-order valence-electron chi connectivity index (χ4n) is 3.05. The Balaban J connectivity index is 1.68. The van der Waals surface area contributed by atoms with Gasteiger partial charge in [0.05, 0.1) is 10.7 Å². The molecule has 1 aromatic rings. The Morgan fingerprint density at radius 2 is 2.06 bits per heavy atom. The largest absolute Gasteiger partial charge is 0.309 e. The van der Waals surface area contributed by atoms with Crippen LogP contribution in [0.15, 0.2) is 0 Å². The zero-order chi connectivity index (χ0) is 13.0. The number of rotatable bonds is 6. The molecular weight excluding hydrogens is 240 g/mol. The van der Waals surface area contributed by atoms with Gasteiger partial charge in [-0.25, -0.2) is 4.98 Å². The van der Waals surface area contributed by atoms with Gasteiger partial charge in [0.15, 0.2) is 0 Å². The molecule has 0 spiro atoms. The Morgan fingerprint density at radius 3 is 2.67 bits per heavy atom. The maximum atomic E-state index is 4.62. The summed E-state index contributed by atoms with van der Waals surface area (Å²) >= 11 is 1.81. The molecule has 2 nitrogen and oxygen atoms in total. The quantitative estimate of drug-likeness (QED) is 0.773. The van der Waals surface area contributed by atoms with E-state index in [9.17, 15) is 0 Å². The highest BCUT2D eigenvalue weighted by Gasteiger charge is 2.15. The Hall–Kier alpha value is -0.410. The second-order valence-electron chi connectivity index (χ2n) is 5.64. The normalized spacial score (nSPS) is 18.4. The number of aromatic nitrogens is 1. The highest BCUT2D eigenvalue weighted by atomic mass is 32.1. The molecule has 1 fully saturated rings. The lowest BCUT2D eigenvalue weighted by Crippen LogP contribution is -2.21. The van der Waals surface area contributed by atoms with E-state index in [1.807, 2.05) is 0 Å². The van der Waals surface area contributed by atoms with Gasteiger partial charge in [0.25, 0.3) is 0 Å². The van der Waals surface area contributed by atoms with Crippen LogP contribution in [0.25, 0.3) is 0 Å². The van der Waals surface area contributed by atoms with E-state index in [0.29, 0.717) is 6.04 Å². The summed E-state index contributed by atoms with van der Waals surface area (Å²) < 4.78 is 0. The Kier molecular flexibility index (Phi) is 5.19. The van der Waals surface area contributed by atoms with Crippen molar-refractivity contribution in [1.82, 2.24) is 10.3 Å². The highest BCUT2D eigenvalue weighted by molar-refractivity contribution is 7.11. The van der Waals surface area contributed by atoms with Crippen LogP contribution < -0.4 is 5.32 Å². The van der Waals surface area contributed by atoms with Crippen molar-refractivity contribution in [3.05, 3.63) is 15.6 Å². The number of nitrogens with zero attached hydrogens (tertiary/aromatic N) is 1. The Bertz CT molecular complexity index is 367. The molecule has 1 aromatic heterocycles. The fourth-order valence-corrected chi connectivity index (χ4v) is 3.97. The number of hydrogen-bond donors (Lipinski definition) is 1. The molecule has 1 aliphatic rings. The lowest BCUT2D eigenvalue weighted by atomic mass is 10.0. The molecule has 2 rings (SSSR count). The third-order valence-electron chi connectivity index (χ3n) is 4.06. The second kappa shape index (κ2) is 6.67. The van der Waals surface area contributed by atoms with E-state index >= 15 is 0 Å². The van der Waals surface area contributed by atoms with Crippen LogP contribution in [0.2, 0.25) is 0 Å². The lowest BCUT2D eigenvalue weighted by Gasteiger charge is -2.14. The molecule has 0 amide bonds. The molecule has 0 aliphatic heterocycles. The van der Waals surface area contributed by atoms with Crippen molar-refractivity contribution < 1.29 is 0 Å². The van der Waals surface area contributed by atoms with Crippen molar-refractivity contribution in [2.24, 2.45) is 5.92 Å². The Morgan fingerprint density at radius 1 is 1.33 bits per heavy atom. The molecule has 0 bridgehead atoms. The van der Waals surface area contributed by atoms with E-state index in [2.05, 4.69) is 31.1 Å². The van der Waals surface area contributed by atoms with Gasteiger partial charge in [-0.15, -0.1) is 11.3 Å². The van der Waals surface area contributed by atoms with Crippen LogP contribution in [-0.2, 0) is 0 Å². The molecule has 3 heteroatoms. The first-order valence-corrected chi connectivity index (χ1v) is 8.15. The first kappa shape index (κ1) is 14.0. The standard InChI is InChI=1S/C15H26N2S/c1-11(15-12(2)18-13(3)17-15)16-10-6-9-14-7-4-5-8-14/h11,14,16H,4-10H2,1-3H3. The summed E-state index contributed by atoms with van der Waals surface area (Å²) in [4.78, 5) is 5.99. The minimum atomic E-state index is 0.401. The van der Waals surface area contributed by atoms with Gasteiger partial charge in [0, 0.05) is 10.9 Å². The van der Waals surface area contributed by atoms with Gasteiger partial charge in [0.2, 0.25) is 0 Å². The van der Waals surface area contributed by atoms with Gasteiger partial charge in [-0.05, 0) is 46.1 Å². The summed E-state index contributed by atoms with van der Waals surface area (Å²) in [7, 11) is 0. The van der Waals surface area contributed by atoms with Gasteiger partial charge >= 0.3 is 0 Å². The highest BCUT2D eigenvalue weighted by Crippen LogP contribution is 2.28. The van der Waals surface area contributed by atoms with E-state index in [4.69, 9.17) is 0 Å². The van der Waals surface area contributed by atoms with E-state index in [0.717, 1.165) is 12.5 Å². The fraction of sp³-hybridized carbons (Fsp3) is 0.800. The van der Waals surface area contributed by atoms with Crippen molar-refractivity contribution >= 4 is 11.3 Å². The zero-order valence-electron chi connectivity index (χ0n) is 12.0. The third-order valence-corrected chi connectivity index (χ3v) is 4.97. The van der Waals surface area contributed by atoms with Crippen molar-refractivity contribution in [2.75, 3.05) is 6.54 Å². The Labute approximate surface area is 115 Å². The zero-order valence-corrected chi connectivity index (χ0v) is 12.8. The smallest absolute Gasteiger partial charge is 0.0900 e. The summed E-state index contributed by atoms with van der Waals surface area (Å²) in [6, 6.07) is 0.401. The van der Waals surface area contributed by atoms with E-state index in [1.165, 1.54) is 54.1 Å². The van der Waals surface area contributed by atoms with Gasteiger partial charge in [0.1, 0.15) is 0 Å². The molecule has 18 heavy (non-hydrogen) atoms. The summed E-state index contributed by atoms with van der Waals surface area (Å²) in [6.07, 6.45) is 8.60. The van der Waals surface area contributed by atoms with Gasteiger partial charge in [-0.2, -0.15) is 0 Å². The average Bonchev–Trinajstić information content (AvgIpc) is 2.94. The molecule has 0 saturated heterocycles. The topological polar surface area (TPSA) is 24.9 Å². The third kappa shape index (κ3) is 3.79. The predicted molar refractivity (Wildman–Crippen MR) is 79.2 cm³/mol. The van der Waals surface area contributed by atoms with Crippen molar-refractivity contribution in [3.8, 4) is 0 Å². The summed E-state index contributed by atoms with van der Waals surface area (Å²) in [5.41, 5.74) is 1.25. The van der Waals surface area contributed by atoms with Crippen LogP contribution in [0.3, 0.4) is 0 Å². The molecule has 0 aromatic carbocycles. The monoisotopic (exact) mass is 266 g/mol. The second-order valence-corrected chi connectivity index (χ2v) is 7.05. The predicted octanol–water partition coefficient (Wildman–Crippen LogP) is 4.38. The molecule has 0 radical (unpaired) electrons.